The minimum absolute atomic E-state index is 0.147. The first-order chi connectivity index (χ1) is 24.2. The number of likely N-dealkylation sites (tertiary alicyclic amines) is 1. The lowest BCUT2D eigenvalue weighted by molar-refractivity contribution is -0.137. The average molecular weight is 721 g/mol. The van der Waals surface area contributed by atoms with E-state index in [1.807, 2.05) is 62.9 Å². The molecule has 0 atom stereocenters. The fraction of sp³-hybridized carbons (Fsp3) is 0.476. The van der Waals surface area contributed by atoms with E-state index in [0.717, 1.165) is 72.2 Å². The second-order valence-corrected chi connectivity index (χ2v) is 11.6. The first-order valence-corrected chi connectivity index (χ1v) is 18.0. The standard InChI is InChI=1S/C15H16N2O.C10H13F3.C9H9F3.C6H14.C2H6/c1-11-10-13(15(18)17-8-4-5-9-17)12-6-2-3-7-14(12)16-11;1-3-5-7-9(6-4-2)8-10(11,12)13;1-2-7-3-5-8(6-4-7)9(10,11)12;1-3-5-6-4-2;1-2/h2-3,6-7,10H,4-5,8-9H2,1H3;3-7H,8H2,1-2H3;3-6H,2H2,1H3;3-6H2,1-2H3;1-2H3/b;5-3-,6-4+,9-7+;;;. The van der Waals surface area contributed by atoms with Crippen LogP contribution in [0.4, 0.5) is 26.3 Å². The van der Waals surface area contributed by atoms with Crippen molar-refractivity contribution < 1.29 is 31.1 Å². The van der Waals surface area contributed by atoms with Crippen LogP contribution in [0.2, 0.25) is 0 Å². The number of alkyl halides is 6. The van der Waals surface area contributed by atoms with Gasteiger partial charge in [0.25, 0.3) is 5.91 Å². The van der Waals surface area contributed by atoms with Gasteiger partial charge >= 0.3 is 12.4 Å². The van der Waals surface area contributed by atoms with E-state index < -0.39 is 24.3 Å². The van der Waals surface area contributed by atoms with Crippen molar-refractivity contribution in [3.8, 4) is 0 Å². The van der Waals surface area contributed by atoms with E-state index in [0.29, 0.717) is 0 Å². The number of halogens is 6. The number of carbonyl (C=O) groups excluding carboxylic acids is 1. The number of fused-ring (bicyclic) bond motifs is 1. The number of amides is 1. The molecule has 284 valence electrons. The van der Waals surface area contributed by atoms with Gasteiger partial charge in [-0.3, -0.25) is 9.78 Å². The molecule has 0 saturated carbocycles. The molecule has 1 saturated heterocycles. The van der Waals surface area contributed by atoms with Crippen molar-refractivity contribution in [3.05, 3.63) is 113 Å². The third kappa shape index (κ3) is 19.9. The van der Waals surface area contributed by atoms with Crippen LogP contribution in [0.15, 0.2) is 90.6 Å². The zero-order valence-electron chi connectivity index (χ0n) is 31.7. The number of hydrogen-bond donors (Lipinski definition) is 0. The van der Waals surface area contributed by atoms with Crippen LogP contribution in [0.5, 0.6) is 0 Å². The second-order valence-electron chi connectivity index (χ2n) is 11.6. The Hall–Kier alpha value is -3.88. The smallest absolute Gasteiger partial charge is 0.339 e. The quantitative estimate of drug-likeness (QED) is 0.132. The summed E-state index contributed by atoms with van der Waals surface area (Å²) in [5.74, 6) is 0.147. The summed E-state index contributed by atoms with van der Waals surface area (Å²) in [4.78, 5) is 18.9. The van der Waals surface area contributed by atoms with E-state index in [9.17, 15) is 31.1 Å². The molecule has 0 radical (unpaired) electrons. The molecule has 2 aromatic carbocycles. The molecule has 0 spiro atoms. The highest BCUT2D eigenvalue weighted by atomic mass is 19.4. The predicted octanol–water partition coefficient (Wildman–Crippen LogP) is 13.7. The fourth-order valence-corrected chi connectivity index (χ4v) is 4.84. The molecule has 0 N–H and O–H groups in total. The Bertz CT molecular complexity index is 1460. The Morgan fingerprint density at radius 1 is 0.843 bits per heavy atom. The Balaban J connectivity index is 0.000000681. The van der Waals surface area contributed by atoms with Crippen molar-refractivity contribution in [2.24, 2.45) is 0 Å². The third-order valence-electron chi connectivity index (χ3n) is 7.40. The lowest BCUT2D eigenvalue weighted by atomic mass is 10.1. The van der Waals surface area contributed by atoms with Crippen LogP contribution in [-0.4, -0.2) is 35.1 Å². The SMILES string of the molecule is CC.CCCCCC.CCc1ccc(C(F)(F)F)cc1.C\C=C/C=C(\C=C\C)CC(F)(F)F.Cc1cc(C(=O)N2CCCC2)c2ccccc2n1. The summed E-state index contributed by atoms with van der Waals surface area (Å²) in [6.45, 7) is 17.5. The maximum Gasteiger partial charge on any atom is 0.416 e. The summed E-state index contributed by atoms with van der Waals surface area (Å²) < 4.78 is 71.9. The minimum atomic E-state index is -4.22. The highest BCUT2D eigenvalue weighted by Gasteiger charge is 2.30. The van der Waals surface area contributed by atoms with Gasteiger partial charge in [0.2, 0.25) is 0 Å². The number of benzene rings is 2. The Kier molecular flexibility index (Phi) is 24.0. The summed E-state index contributed by atoms with van der Waals surface area (Å²) in [5.41, 5.74) is 3.20. The summed E-state index contributed by atoms with van der Waals surface area (Å²) in [6.07, 6.45) is 7.14. The van der Waals surface area contributed by atoms with Gasteiger partial charge in [0.1, 0.15) is 0 Å². The van der Waals surface area contributed by atoms with Crippen molar-refractivity contribution >= 4 is 16.8 Å². The summed E-state index contributed by atoms with van der Waals surface area (Å²) >= 11 is 0. The van der Waals surface area contributed by atoms with E-state index in [1.165, 1.54) is 50.0 Å². The van der Waals surface area contributed by atoms with Crippen molar-refractivity contribution in [1.82, 2.24) is 9.88 Å². The topological polar surface area (TPSA) is 33.2 Å². The number of nitrogens with zero attached hydrogens (tertiary/aromatic N) is 2. The molecule has 0 aliphatic carbocycles. The van der Waals surface area contributed by atoms with E-state index >= 15 is 0 Å². The molecule has 1 fully saturated rings. The fourth-order valence-electron chi connectivity index (χ4n) is 4.84. The first kappa shape index (κ1) is 47.1. The molecule has 1 aliphatic heterocycles. The van der Waals surface area contributed by atoms with Crippen molar-refractivity contribution in [2.75, 3.05) is 13.1 Å². The Morgan fingerprint density at radius 2 is 1.41 bits per heavy atom. The minimum Gasteiger partial charge on any atom is -0.339 e. The van der Waals surface area contributed by atoms with Crippen LogP contribution in [0, 0.1) is 6.92 Å². The first-order valence-electron chi connectivity index (χ1n) is 18.0. The Morgan fingerprint density at radius 3 is 1.88 bits per heavy atom. The number of para-hydroxylation sites is 1. The van der Waals surface area contributed by atoms with Gasteiger partial charge in [-0.1, -0.05) is 121 Å². The summed E-state index contributed by atoms with van der Waals surface area (Å²) in [5, 5.41) is 0.958. The van der Waals surface area contributed by atoms with Crippen LogP contribution in [0.3, 0.4) is 0 Å². The lowest BCUT2D eigenvalue weighted by Crippen LogP contribution is -2.27. The van der Waals surface area contributed by atoms with Gasteiger partial charge in [-0.05, 0) is 75.4 Å². The van der Waals surface area contributed by atoms with E-state index in [2.05, 4.69) is 18.8 Å². The predicted molar refractivity (Wildman–Crippen MR) is 202 cm³/mol. The molecular formula is C42H58F6N2O. The van der Waals surface area contributed by atoms with Gasteiger partial charge < -0.3 is 4.90 Å². The molecule has 1 aliphatic rings. The Labute approximate surface area is 302 Å². The number of hydrogen-bond acceptors (Lipinski definition) is 2. The van der Waals surface area contributed by atoms with Crippen molar-refractivity contribution in [3.63, 3.8) is 0 Å². The number of allylic oxidation sites excluding steroid dienone is 6. The summed E-state index contributed by atoms with van der Waals surface area (Å²) in [6, 6.07) is 15.0. The number of pyridine rings is 1. The highest BCUT2D eigenvalue weighted by Crippen LogP contribution is 2.29. The molecule has 51 heavy (non-hydrogen) atoms. The van der Waals surface area contributed by atoms with Gasteiger partial charge in [-0.25, -0.2) is 0 Å². The monoisotopic (exact) mass is 720 g/mol. The van der Waals surface area contributed by atoms with Crippen LogP contribution < -0.4 is 0 Å². The maximum atomic E-state index is 12.5. The molecule has 2 heterocycles. The van der Waals surface area contributed by atoms with Gasteiger partial charge in [0.05, 0.1) is 23.1 Å². The number of aromatic nitrogens is 1. The molecule has 1 aromatic heterocycles. The normalized spacial score (nSPS) is 13.1. The number of unbranched alkanes of at least 4 members (excludes halogenated alkanes) is 3. The molecule has 4 rings (SSSR count). The largest absolute Gasteiger partial charge is 0.416 e. The zero-order chi connectivity index (χ0) is 38.9. The molecule has 3 nitrogen and oxygen atoms in total. The molecule has 3 aromatic rings. The molecule has 0 unspecified atom stereocenters. The van der Waals surface area contributed by atoms with Crippen molar-refractivity contribution in [1.29, 1.82) is 0 Å². The number of rotatable bonds is 8. The van der Waals surface area contributed by atoms with Gasteiger partial charge in [-0.15, -0.1) is 0 Å². The van der Waals surface area contributed by atoms with Crippen LogP contribution >= 0.6 is 0 Å². The molecular weight excluding hydrogens is 662 g/mol. The van der Waals surface area contributed by atoms with Crippen LogP contribution in [-0.2, 0) is 12.6 Å². The maximum absolute atomic E-state index is 12.5. The van der Waals surface area contributed by atoms with Gasteiger partial charge in [-0.2, -0.15) is 26.3 Å². The van der Waals surface area contributed by atoms with Gasteiger partial charge in [0.15, 0.2) is 0 Å². The number of aryl methyl sites for hydroxylation is 2. The second kappa shape index (κ2) is 26.0. The van der Waals surface area contributed by atoms with Crippen LogP contribution in [0.25, 0.3) is 10.9 Å². The van der Waals surface area contributed by atoms with Crippen molar-refractivity contribution in [2.45, 2.75) is 119 Å². The van der Waals surface area contributed by atoms with Gasteiger partial charge in [0, 0.05) is 24.2 Å². The lowest BCUT2D eigenvalue weighted by Gasteiger charge is -2.16. The van der Waals surface area contributed by atoms with E-state index in [-0.39, 0.29) is 11.5 Å². The van der Waals surface area contributed by atoms with E-state index in [1.54, 1.807) is 32.1 Å². The van der Waals surface area contributed by atoms with Crippen LogP contribution in [0.1, 0.15) is 121 Å². The summed E-state index contributed by atoms with van der Waals surface area (Å²) in [7, 11) is 0. The number of carbonyl (C=O) groups is 1. The molecule has 0 bridgehead atoms. The third-order valence-corrected chi connectivity index (χ3v) is 7.40. The molecule has 1 amide bonds. The zero-order valence-corrected chi connectivity index (χ0v) is 31.7. The highest BCUT2D eigenvalue weighted by molar-refractivity contribution is 6.06. The molecule has 9 heteroatoms. The van der Waals surface area contributed by atoms with E-state index in [4.69, 9.17) is 0 Å². The average Bonchev–Trinajstić information content (AvgIpc) is 3.65.